The van der Waals surface area contributed by atoms with E-state index in [0.717, 1.165) is 112 Å². The summed E-state index contributed by atoms with van der Waals surface area (Å²) in [6.07, 6.45) is 17.6. The van der Waals surface area contributed by atoms with Gasteiger partial charge >= 0.3 is 0 Å². The number of ether oxygens (including phenoxy) is 4. The summed E-state index contributed by atoms with van der Waals surface area (Å²) in [6.45, 7) is 11.7. The molecule has 0 spiro atoms. The van der Waals surface area contributed by atoms with Crippen LogP contribution in [0.2, 0.25) is 0 Å². The standard InChI is InChI=1S/C54H68N4O4S4/c1-2-4-52(46-56-23-19-50(20-24-56)8-6-48-11-15-54(16-12-48)58-27-39-65-43-35-61-31-32-62-36-44-66-40-28-58)51(3-1)45-55-21-17-49(18-22-55)7-5-47-9-13-53(14-10-47)57-25-37-63-41-33-59-29-30-60-34-42-64-38-26-57/h1-24H,25-46H2/q+2. The van der Waals surface area contributed by atoms with Crippen LogP contribution in [0.3, 0.4) is 0 Å². The van der Waals surface area contributed by atoms with Crippen LogP contribution in [0, 0.1) is 0 Å². The molecule has 0 atom stereocenters. The molecule has 0 radical (unpaired) electrons. The smallest absolute Gasteiger partial charge is 0.174 e. The molecule has 12 heteroatoms. The van der Waals surface area contributed by atoms with Crippen molar-refractivity contribution in [2.24, 2.45) is 0 Å². The normalized spacial score (nSPS) is 17.8. The maximum absolute atomic E-state index is 5.70. The van der Waals surface area contributed by atoms with Gasteiger partial charge in [-0.2, -0.15) is 47.0 Å². The Morgan fingerprint density at radius 1 is 0.364 bits per heavy atom. The van der Waals surface area contributed by atoms with Gasteiger partial charge < -0.3 is 28.7 Å². The van der Waals surface area contributed by atoms with E-state index in [9.17, 15) is 0 Å². The molecule has 2 saturated heterocycles. The van der Waals surface area contributed by atoms with Gasteiger partial charge in [0.2, 0.25) is 0 Å². The molecule has 4 heterocycles. The molecular formula is C54H68N4O4S4+2. The highest BCUT2D eigenvalue weighted by Crippen LogP contribution is 2.21. The number of rotatable bonds is 10. The van der Waals surface area contributed by atoms with Gasteiger partial charge in [-0.25, -0.2) is 9.13 Å². The quantitative estimate of drug-likeness (QED) is 0.127. The second-order valence-corrected chi connectivity index (χ2v) is 21.0. The summed E-state index contributed by atoms with van der Waals surface area (Å²) in [4.78, 5) is 5.04. The molecular weight excluding hydrogens is 897 g/mol. The highest BCUT2D eigenvalue weighted by molar-refractivity contribution is 8.00. The fraction of sp³-hybridized carbons (Fsp3) is 0.407. The SMILES string of the molecule is C(=C\c1cc[n+](Cc2ccccc2C[n+]2ccc(/C=C/c3ccc(N4CCSCCOCCOCCSCC4)cc3)cc2)cc1)/c1ccc(N2CCSCCOCCOCCSCC2)cc1. The Labute approximate surface area is 411 Å². The summed E-state index contributed by atoms with van der Waals surface area (Å²) in [5.41, 5.74) is 9.99. The first kappa shape index (κ1) is 50.2. The Balaban J connectivity index is 0.880. The van der Waals surface area contributed by atoms with Crippen LogP contribution in [0.15, 0.2) is 122 Å². The van der Waals surface area contributed by atoms with Crippen LogP contribution in [0.1, 0.15) is 33.4 Å². The molecule has 7 rings (SSSR count). The number of nitrogens with zero attached hydrogens (tertiary/aromatic N) is 4. The molecule has 0 amide bonds. The summed E-state index contributed by atoms with van der Waals surface area (Å²) < 4.78 is 27.3. The highest BCUT2D eigenvalue weighted by Gasteiger charge is 2.13. The van der Waals surface area contributed by atoms with Gasteiger partial charge in [0, 0.05) is 119 Å². The number of hydrogen-bond acceptors (Lipinski definition) is 10. The molecule has 2 aliphatic heterocycles. The number of benzene rings is 3. The molecule has 0 N–H and O–H groups in total. The van der Waals surface area contributed by atoms with Crippen molar-refractivity contribution in [2.45, 2.75) is 13.1 Å². The van der Waals surface area contributed by atoms with Crippen molar-refractivity contribution in [1.82, 2.24) is 0 Å². The number of pyridine rings is 2. The molecule has 2 aromatic heterocycles. The van der Waals surface area contributed by atoms with E-state index < -0.39 is 0 Å². The number of anilines is 2. The van der Waals surface area contributed by atoms with E-state index in [1.165, 1.54) is 44.8 Å². The van der Waals surface area contributed by atoms with Crippen LogP contribution in [-0.4, -0.2) is 125 Å². The minimum atomic E-state index is 0.694. The van der Waals surface area contributed by atoms with E-state index in [4.69, 9.17) is 18.9 Å². The number of hydrogen-bond donors (Lipinski definition) is 0. The van der Waals surface area contributed by atoms with E-state index in [-0.39, 0.29) is 0 Å². The van der Waals surface area contributed by atoms with Gasteiger partial charge in [0.25, 0.3) is 0 Å². The molecule has 0 unspecified atom stereocenters. The lowest BCUT2D eigenvalue weighted by molar-refractivity contribution is -0.693. The van der Waals surface area contributed by atoms with Crippen molar-refractivity contribution in [3.63, 3.8) is 0 Å². The average molecular weight is 965 g/mol. The molecule has 2 fully saturated rings. The van der Waals surface area contributed by atoms with Crippen molar-refractivity contribution >= 4 is 82.7 Å². The van der Waals surface area contributed by atoms with Crippen LogP contribution >= 0.6 is 47.0 Å². The summed E-state index contributed by atoms with van der Waals surface area (Å²) in [7, 11) is 0. The van der Waals surface area contributed by atoms with E-state index in [2.05, 4.69) is 165 Å². The Bertz CT molecular complexity index is 1970. The third kappa shape index (κ3) is 18.4. The Morgan fingerprint density at radius 3 is 0.985 bits per heavy atom. The number of thioether (sulfide) groups is 4. The molecule has 3 aromatic carbocycles. The molecule has 350 valence electrons. The largest absolute Gasteiger partial charge is 0.378 e. The average Bonchev–Trinajstić information content (AvgIpc) is 3.37. The first-order chi connectivity index (χ1) is 32.7. The summed E-state index contributed by atoms with van der Waals surface area (Å²) >= 11 is 7.86. The van der Waals surface area contributed by atoms with Gasteiger partial charge in [0.1, 0.15) is 0 Å². The lowest BCUT2D eigenvalue weighted by atomic mass is 10.1. The van der Waals surface area contributed by atoms with E-state index in [1.807, 2.05) is 47.0 Å². The molecule has 0 aliphatic carbocycles. The zero-order valence-corrected chi connectivity index (χ0v) is 41.7. The zero-order chi connectivity index (χ0) is 45.1. The maximum atomic E-state index is 5.70. The predicted molar refractivity (Wildman–Crippen MR) is 286 cm³/mol. The minimum absolute atomic E-state index is 0.694. The monoisotopic (exact) mass is 964 g/mol. The number of aromatic nitrogens is 2. The van der Waals surface area contributed by atoms with Crippen LogP contribution in [-0.2, 0) is 32.0 Å². The van der Waals surface area contributed by atoms with Crippen molar-refractivity contribution in [1.29, 1.82) is 0 Å². The molecule has 8 nitrogen and oxygen atoms in total. The zero-order valence-electron chi connectivity index (χ0n) is 38.5. The van der Waals surface area contributed by atoms with Gasteiger partial charge in [-0.3, -0.25) is 0 Å². The lowest BCUT2D eigenvalue weighted by Crippen LogP contribution is -2.36. The minimum Gasteiger partial charge on any atom is -0.378 e. The van der Waals surface area contributed by atoms with Gasteiger partial charge in [0.15, 0.2) is 37.9 Å². The first-order valence-electron chi connectivity index (χ1n) is 23.5. The van der Waals surface area contributed by atoms with Gasteiger partial charge in [-0.1, -0.05) is 72.8 Å². The van der Waals surface area contributed by atoms with E-state index >= 15 is 0 Å². The van der Waals surface area contributed by atoms with Crippen LogP contribution in [0.25, 0.3) is 24.3 Å². The summed E-state index contributed by atoms with van der Waals surface area (Å²) in [6, 6.07) is 35.6. The van der Waals surface area contributed by atoms with Crippen LogP contribution in [0.5, 0.6) is 0 Å². The summed E-state index contributed by atoms with van der Waals surface area (Å²) in [5, 5.41) is 0. The Hall–Kier alpha value is -3.72. The topological polar surface area (TPSA) is 51.2 Å². The molecule has 5 aromatic rings. The first-order valence-corrected chi connectivity index (χ1v) is 28.1. The Morgan fingerprint density at radius 2 is 0.667 bits per heavy atom. The van der Waals surface area contributed by atoms with Crippen molar-refractivity contribution < 1.29 is 28.1 Å². The second-order valence-electron chi connectivity index (χ2n) is 16.1. The van der Waals surface area contributed by atoms with Crippen LogP contribution in [0.4, 0.5) is 11.4 Å². The third-order valence-corrected chi connectivity index (χ3v) is 15.1. The fourth-order valence-corrected chi connectivity index (χ4v) is 10.7. The molecule has 2 aliphatic rings. The van der Waals surface area contributed by atoms with Gasteiger partial charge in [-0.05, 0) is 46.5 Å². The van der Waals surface area contributed by atoms with Crippen molar-refractivity contribution in [3.05, 3.63) is 155 Å². The summed E-state index contributed by atoms with van der Waals surface area (Å²) in [5.74, 6) is 8.50. The molecule has 66 heavy (non-hydrogen) atoms. The maximum Gasteiger partial charge on any atom is 0.174 e. The molecule has 0 saturated carbocycles. The lowest BCUT2D eigenvalue weighted by Gasteiger charge is -2.25. The van der Waals surface area contributed by atoms with Crippen LogP contribution < -0.4 is 18.9 Å². The highest BCUT2D eigenvalue weighted by atomic mass is 32.2. The third-order valence-electron chi connectivity index (χ3n) is 11.4. The second kappa shape index (κ2) is 29.9. The van der Waals surface area contributed by atoms with Crippen molar-refractivity contribution in [2.75, 3.05) is 135 Å². The Kier molecular flexibility index (Phi) is 22.7. The molecule has 0 bridgehead atoms. The van der Waals surface area contributed by atoms with Crippen molar-refractivity contribution in [3.8, 4) is 0 Å². The van der Waals surface area contributed by atoms with Gasteiger partial charge in [0.05, 0.1) is 52.9 Å². The predicted octanol–water partition coefficient (Wildman–Crippen LogP) is 9.34. The van der Waals surface area contributed by atoms with E-state index in [1.54, 1.807) is 0 Å². The fourth-order valence-electron chi connectivity index (χ4n) is 7.57. The van der Waals surface area contributed by atoms with E-state index in [0.29, 0.717) is 26.4 Å². The van der Waals surface area contributed by atoms with Gasteiger partial charge in [-0.15, -0.1) is 0 Å².